The maximum atomic E-state index is 6.08. The zero-order chi connectivity index (χ0) is 28.9. The van der Waals surface area contributed by atoms with E-state index >= 15 is 0 Å². The van der Waals surface area contributed by atoms with E-state index in [1.54, 1.807) is 0 Å². The molecule has 0 spiro atoms. The molecule has 0 saturated heterocycles. The van der Waals surface area contributed by atoms with Crippen molar-refractivity contribution in [1.82, 2.24) is 0 Å². The predicted octanol–water partition coefficient (Wildman–Crippen LogP) is 5.54. The van der Waals surface area contributed by atoms with Crippen molar-refractivity contribution in [2.45, 2.75) is 27.1 Å². The van der Waals surface area contributed by atoms with Gasteiger partial charge < -0.3 is 24.7 Å². The van der Waals surface area contributed by atoms with Gasteiger partial charge in [0.1, 0.15) is 0 Å². The number of aryl methyl sites for hydroxylation is 2. The molecule has 212 valence electrons. The van der Waals surface area contributed by atoms with Crippen LogP contribution >= 0.6 is 23.2 Å². The summed E-state index contributed by atoms with van der Waals surface area (Å²) in [5, 5.41) is 8.27. The van der Waals surface area contributed by atoms with Gasteiger partial charge in [0, 0.05) is 47.7 Å². The Morgan fingerprint density at radius 3 is 1.39 bits per heavy atom. The van der Waals surface area contributed by atoms with Crippen molar-refractivity contribution in [3.8, 4) is 0 Å². The van der Waals surface area contributed by atoms with E-state index in [0.717, 1.165) is 67.7 Å². The summed E-state index contributed by atoms with van der Waals surface area (Å²) in [4.78, 5) is 0. The van der Waals surface area contributed by atoms with Gasteiger partial charge >= 0.3 is 15.0 Å². The second-order valence-electron chi connectivity index (χ2n) is 10.0. The summed E-state index contributed by atoms with van der Waals surface area (Å²) in [5.74, 6) is 0. The molecule has 4 rings (SSSR count). The predicted molar refractivity (Wildman–Crippen MR) is 176 cm³/mol. The molecule has 0 aliphatic heterocycles. The fourth-order valence-corrected chi connectivity index (χ4v) is 4.41. The molecule has 0 bridgehead atoms. The highest BCUT2D eigenvalue weighted by Crippen LogP contribution is 2.20. The minimum Gasteiger partial charge on any atom is -0.433 e. The van der Waals surface area contributed by atoms with Crippen LogP contribution in [0, 0.1) is 13.8 Å². The van der Waals surface area contributed by atoms with Crippen molar-refractivity contribution < 1.29 is 14.0 Å². The zero-order valence-corrected chi connectivity index (χ0v) is 25.2. The quantitative estimate of drug-likeness (QED) is 0.133. The summed E-state index contributed by atoms with van der Waals surface area (Å²) in [7, 11) is 1.16. The minimum absolute atomic E-state index is 0.566. The maximum absolute atomic E-state index is 6.08. The van der Waals surface area contributed by atoms with Crippen LogP contribution in [0.25, 0.3) is 0 Å². The molecule has 9 heteroatoms. The van der Waals surface area contributed by atoms with E-state index < -0.39 is 0 Å². The fourth-order valence-electron chi connectivity index (χ4n) is 4.17. The van der Waals surface area contributed by atoms with Gasteiger partial charge in [-0.1, -0.05) is 82.7 Å². The summed E-state index contributed by atoms with van der Waals surface area (Å²) in [5.41, 5.74) is 8.79. The van der Waals surface area contributed by atoms with Gasteiger partial charge in [-0.25, -0.2) is 0 Å². The maximum Gasteiger partial charge on any atom is 0.308 e. The second-order valence-corrected chi connectivity index (χ2v) is 10.8. The number of anilines is 2. The monoisotopic (exact) mass is 588 g/mol. The van der Waals surface area contributed by atoms with Gasteiger partial charge in [-0.3, -0.25) is 0 Å². The van der Waals surface area contributed by atoms with Crippen molar-refractivity contribution in [3.05, 3.63) is 117 Å². The third kappa shape index (κ3) is 10.8. The summed E-state index contributed by atoms with van der Waals surface area (Å²) in [6.45, 7) is 7.86. The van der Waals surface area contributed by atoms with Gasteiger partial charge in [-0.2, -0.15) is 0 Å². The van der Waals surface area contributed by atoms with Gasteiger partial charge in [0.15, 0.2) is 0 Å². The first-order chi connectivity index (χ1) is 20.0. The van der Waals surface area contributed by atoms with Crippen molar-refractivity contribution >= 4 is 60.5 Å². The summed E-state index contributed by atoms with van der Waals surface area (Å²) >= 11 is 12.2. The Kier molecular flexibility index (Phi) is 12.5. The van der Waals surface area contributed by atoms with E-state index in [4.69, 9.17) is 37.2 Å². The van der Waals surface area contributed by atoms with Crippen LogP contribution in [0.5, 0.6) is 0 Å². The first kappa shape index (κ1) is 31.0. The lowest BCUT2D eigenvalue weighted by Gasteiger charge is -2.09. The second kappa shape index (κ2) is 16.5. The molecule has 0 aliphatic rings. The summed E-state index contributed by atoms with van der Waals surface area (Å²) in [6.07, 6.45) is 0. The van der Waals surface area contributed by atoms with Gasteiger partial charge in [0.05, 0.1) is 13.2 Å². The van der Waals surface area contributed by atoms with Crippen molar-refractivity contribution in [1.29, 1.82) is 0 Å². The Bertz CT molecular complexity index is 1270. The van der Waals surface area contributed by atoms with Crippen molar-refractivity contribution in [3.63, 3.8) is 0 Å². The minimum atomic E-state index is 0.566. The molecule has 0 amide bonds. The van der Waals surface area contributed by atoms with E-state index in [1.807, 2.05) is 50.2 Å². The Morgan fingerprint density at radius 1 is 0.585 bits per heavy atom. The molecule has 2 N–H and O–H groups in total. The fraction of sp³-hybridized carbons (Fsp3) is 0.250. The van der Waals surface area contributed by atoms with Gasteiger partial charge in [-0.15, -0.1) is 0 Å². The van der Waals surface area contributed by atoms with Crippen LogP contribution in [0.3, 0.4) is 0 Å². The number of rotatable bonds is 16. The summed E-state index contributed by atoms with van der Waals surface area (Å²) in [6, 6.07) is 28.6. The van der Waals surface area contributed by atoms with Crippen LogP contribution in [-0.4, -0.2) is 41.3 Å². The number of hydrogen-bond acceptors (Lipinski definition) is 5. The molecule has 0 aliphatic carbocycles. The molecule has 0 heterocycles. The van der Waals surface area contributed by atoms with E-state index in [-0.39, 0.29) is 0 Å². The first-order valence-corrected chi connectivity index (χ1v) is 14.6. The molecule has 5 nitrogen and oxygen atoms in total. The van der Waals surface area contributed by atoms with E-state index in [1.165, 1.54) is 0 Å². The number of halogens is 2. The number of ether oxygens (including phenoxy) is 1. The number of benzene rings is 4. The van der Waals surface area contributed by atoms with E-state index in [0.29, 0.717) is 41.4 Å². The van der Waals surface area contributed by atoms with Crippen molar-refractivity contribution in [2.75, 3.05) is 36.9 Å². The topological polar surface area (TPSA) is 51.8 Å². The number of hydrogen-bond donors (Lipinski definition) is 2. The highest BCUT2D eigenvalue weighted by molar-refractivity contribution is 6.47. The lowest BCUT2D eigenvalue weighted by molar-refractivity contribution is 0.107. The smallest absolute Gasteiger partial charge is 0.308 e. The normalized spacial score (nSPS) is 10.8. The Labute approximate surface area is 255 Å². The third-order valence-corrected chi connectivity index (χ3v) is 7.44. The van der Waals surface area contributed by atoms with Gasteiger partial charge in [0.25, 0.3) is 0 Å². The Balaban J connectivity index is 1.06. The Morgan fingerprint density at radius 2 is 1.00 bits per heavy atom. The van der Waals surface area contributed by atoms with Crippen LogP contribution in [0.4, 0.5) is 11.4 Å². The van der Waals surface area contributed by atoms with E-state index in [9.17, 15) is 0 Å². The molecular formula is C32H36B2Cl2N2O3. The highest BCUT2D eigenvalue weighted by atomic mass is 35.5. The van der Waals surface area contributed by atoms with E-state index in [2.05, 4.69) is 59.2 Å². The molecular weight excluding hydrogens is 553 g/mol. The van der Waals surface area contributed by atoms with Gasteiger partial charge in [0.2, 0.25) is 0 Å². The molecule has 4 aromatic rings. The largest absolute Gasteiger partial charge is 0.433 e. The summed E-state index contributed by atoms with van der Waals surface area (Å²) < 4.78 is 17.6. The molecule has 0 saturated carbocycles. The molecule has 0 unspecified atom stereocenters. The molecule has 41 heavy (non-hydrogen) atoms. The van der Waals surface area contributed by atoms with Crippen molar-refractivity contribution in [2.24, 2.45) is 0 Å². The molecule has 0 atom stereocenters. The first-order valence-electron chi connectivity index (χ1n) is 13.9. The standard InChI is InChI=1S/C32H36B2Cl2N2O3/c1-23-19-29(11-13-31(23)35)37-15-17-40-33-27-7-3-25(4-8-27)21-39-22-26-5-9-28(10-6-26)34-41-18-16-38-30-12-14-32(36)24(2)20-30/h3-14,19-20,33-34,37-38H,15-18,21-22H2,1-2H3. The van der Waals surface area contributed by atoms with Crippen LogP contribution in [0.2, 0.25) is 10.0 Å². The average molecular weight is 589 g/mol. The lowest BCUT2D eigenvalue weighted by Crippen LogP contribution is -2.21. The lowest BCUT2D eigenvalue weighted by atomic mass is 9.87. The molecule has 0 radical (unpaired) electrons. The van der Waals surface area contributed by atoms with Crippen LogP contribution in [0.1, 0.15) is 22.3 Å². The van der Waals surface area contributed by atoms with Crippen LogP contribution < -0.4 is 21.6 Å². The SMILES string of the molecule is Cc1cc(NCCOBc2ccc(COCc3ccc(BOCCNc4ccc(Cl)c(C)c4)cc3)cc2)ccc1Cl. The van der Waals surface area contributed by atoms with Crippen LogP contribution in [0.15, 0.2) is 84.9 Å². The number of nitrogens with one attached hydrogen (secondary N) is 2. The average Bonchev–Trinajstić information content (AvgIpc) is 2.98. The molecule has 4 aromatic carbocycles. The zero-order valence-electron chi connectivity index (χ0n) is 23.7. The molecule has 0 aromatic heterocycles. The van der Waals surface area contributed by atoms with Crippen LogP contribution in [-0.2, 0) is 27.3 Å². The third-order valence-electron chi connectivity index (χ3n) is 6.59. The molecule has 0 fully saturated rings. The van der Waals surface area contributed by atoms with Gasteiger partial charge in [-0.05, 0) is 72.5 Å². The highest BCUT2D eigenvalue weighted by Gasteiger charge is 2.03. The Hall–Kier alpha value is -2.93.